The molecule has 1 fully saturated rings. The lowest BCUT2D eigenvalue weighted by atomic mass is 9.77. The Balaban J connectivity index is 2.80. The number of carboxylic acid groups (broad SMARTS) is 1. The molecule has 0 aromatic rings. The molecular weight excluding hydrogens is 204 g/mol. The molecule has 0 amide bonds. The van der Waals surface area contributed by atoms with Crippen LogP contribution in [0.4, 0.5) is 0 Å². The molecule has 1 rings (SSSR count). The maximum Gasteiger partial charge on any atom is 0.310 e. The molecule has 2 unspecified atom stereocenters. The van der Waals surface area contributed by atoms with Crippen LogP contribution in [0.5, 0.6) is 0 Å². The Kier molecular flexibility index (Phi) is 4.31. The van der Waals surface area contributed by atoms with E-state index in [2.05, 4.69) is 6.07 Å². The molecule has 1 N–H and O–H groups in total. The summed E-state index contributed by atoms with van der Waals surface area (Å²) in [7, 11) is 0. The highest BCUT2D eigenvalue weighted by Gasteiger charge is 2.42. The van der Waals surface area contributed by atoms with Crippen LogP contribution in [0.3, 0.4) is 0 Å². The molecule has 4 heteroatoms. The number of carbonyl (C=O) groups is 1. The first kappa shape index (κ1) is 13.0. The molecule has 0 bridgehead atoms. The van der Waals surface area contributed by atoms with Gasteiger partial charge < -0.3 is 5.11 Å². The second kappa shape index (κ2) is 5.31. The molecule has 0 aromatic heterocycles. The van der Waals surface area contributed by atoms with E-state index in [4.69, 9.17) is 5.26 Å². The van der Waals surface area contributed by atoms with Crippen molar-refractivity contribution in [3.8, 4) is 6.07 Å². The van der Waals surface area contributed by atoms with Gasteiger partial charge in [-0.1, -0.05) is 13.8 Å². The lowest BCUT2D eigenvalue weighted by Gasteiger charge is -2.41. The Morgan fingerprint density at radius 2 is 2.31 bits per heavy atom. The first-order chi connectivity index (χ1) is 7.59. The van der Waals surface area contributed by atoms with Crippen molar-refractivity contribution < 1.29 is 9.90 Å². The van der Waals surface area contributed by atoms with E-state index < -0.39 is 11.4 Å². The van der Waals surface area contributed by atoms with Gasteiger partial charge in [-0.3, -0.25) is 9.69 Å². The van der Waals surface area contributed by atoms with Crippen molar-refractivity contribution in [3.63, 3.8) is 0 Å². The van der Waals surface area contributed by atoms with E-state index >= 15 is 0 Å². The van der Waals surface area contributed by atoms with E-state index in [1.807, 2.05) is 18.7 Å². The van der Waals surface area contributed by atoms with Gasteiger partial charge in [0.15, 0.2) is 0 Å². The van der Waals surface area contributed by atoms with Crippen LogP contribution in [0.2, 0.25) is 0 Å². The molecule has 90 valence electrons. The Bertz CT molecular complexity index is 298. The number of carboxylic acids is 1. The minimum Gasteiger partial charge on any atom is -0.481 e. The largest absolute Gasteiger partial charge is 0.481 e. The third-order valence-electron chi connectivity index (χ3n) is 3.71. The monoisotopic (exact) mass is 224 g/mol. The summed E-state index contributed by atoms with van der Waals surface area (Å²) < 4.78 is 0. The summed E-state index contributed by atoms with van der Waals surface area (Å²) in [5, 5.41) is 18.3. The molecule has 0 aliphatic carbocycles. The third-order valence-corrected chi connectivity index (χ3v) is 3.71. The number of nitriles is 1. The minimum absolute atomic E-state index is 0.134. The predicted molar refractivity (Wildman–Crippen MR) is 60.9 cm³/mol. The van der Waals surface area contributed by atoms with Gasteiger partial charge in [0.05, 0.1) is 17.5 Å². The van der Waals surface area contributed by atoms with Crippen LogP contribution in [0.1, 0.15) is 39.5 Å². The minimum atomic E-state index is -0.715. The van der Waals surface area contributed by atoms with Gasteiger partial charge in [0.1, 0.15) is 0 Å². The molecule has 1 heterocycles. The quantitative estimate of drug-likeness (QED) is 0.791. The summed E-state index contributed by atoms with van der Waals surface area (Å²) in [4.78, 5) is 13.4. The Morgan fingerprint density at radius 3 is 2.75 bits per heavy atom. The highest BCUT2D eigenvalue weighted by atomic mass is 16.4. The van der Waals surface area contributed by atoms with Crippen LogP contribution >= 0.6 is 0 Å². The van der Waals surface area contributed by atoms with Gasteiger partial charge in [0, 0.05) is 6.54 Å². The van der Waals surface area contributed by atoms with E-state index in [0.717, 1.165) is 25.8 Å². The van der Waals surface area contributed by atoms with Crippen LogP contribution in [0.25, 0.3) is 0 Å². The first-order valence-electron chi connectivity index (χ1n) is 5.96. The molecule has 1 aliphatic heterocycles. The average molecular weight is 224 g/mol. The number of likely N-dealkylation sites (tertiary alicyclic amines) is 1. The van der Waals surface area contributed by atoms with E-state index in [1.165, 1.54) is 0 Å². The highest BCUT2D eigenvalue weighted by Crippen LogP contribution is 2.34. The summed E-state index contributed by atoms with van der Waals surface area (Å²) >= 11 is 0. The number of hydrogen-bond donors (Lipinski definition) is 1. The molecule has 4 nitrogen and oxygen atoms in total. The van der Waals surface area contributed by atoms with Crippen LogP contribution in [-0.2, 0) is 4.79 Å². The van der Waals surface area contributed by atoms with Crippen LogP contribution in [0.15, 0.2) is 0 Å². The second-order valence-corrected chi connectivity index (χ2v) is 4.57. The van der Waals surface area contributed by atoms with Crippen molar-refractivity contribution >= 4 is 5.97 Å². The van der Waals surface area contributed by atoms with E-state index in [-0.39, 0.29) is 6.04 Å². The normalized spacial score (nSPS) is 28.3. The molecular formula is C12H20N2O2. The van der Waals surface area contributed by atoms with Gasteiger partial charge in [-0.25, -0.2) is 0 Å². The van der Waals surface area contributed by atoms with Crippen LogP contribution < -0.4 is 0 Å². The third kappa shape index (κ3) is 2.35. The van der Waals surface area contributed by atoms with Crippen molar-refractivity contribution in [2.24, 2.45) is 5.41 Å². The summed E-state index contributed by atoms with van der Waals surface area (Å²) in [6.07, 6.45) is 3.01. The van der Waals surface area contributed by atoms with Gasteiger partial charge in [-0.15, -0.1) is 0 Å². The van der Waals surface area contributed by atoms with Gasteiger partial charge >= 0.3 is 5.97 Å². The zero-order chi connectivity index (χ0) is 12.2. The van der Waals surface area contributed by atoms with Crippen molar-refractivity contribution in [2.75, 3.05) is 13.1 Å². The number of nitrogens with zero attached hydrogens (tertiary/aromatic N) is 2. The fourth-order valence-electron chi connectivity index (χ4n) is 2.48. The zero-order valence-corrected chi connectivity index (χ0v) is 10.1. The Hall–Kier alpha value is -1.08. The summed E-state index contributed by atoms with van der Waals surface area (Å²) in [5.41, 5.74) is -0.636. The molecule has 2 atom stereocenters. The smallest absolute Gasteiger partial charge is 0.310 e. The SMILES string of the molecule is CCC(C#N)N1CCCC(CC)(C(=O)O)C1. The molecule has 0 saturated carbocycles. The van der Waals surface area contributed by atoms with E-state index in [1.54, 1.807) is 0 Å². The standard InChI is InChI=1S/C12H20N2O2/c1-3-10(8-13)14-7-5-6-12(4-2,9-14)11(15)16/h10H,3-7,9H2,1-2H3,(H,15,16). The van der Waals surface area contributed by atoms with Crippen molar-refractivity contribution in [1.82, 2.24) is 4.90 Å². The van der Waals surface area contributed by atoms with E-state index in [9.17, 15) is 9.90 Å². The predicted octanol–water partition coefficient (Wildman–Crippen LogP) is 1.87. The number of aliphatic carboxylic acids is 1. The van der Waals surface area contributed by atoms with Crippen LogP contribution in [0, 0.1) is 16.7 Å². The molecule has 0 spiro atoms. The van der Waals surface area contributed by atoms with Crippen LogP contribution in [-0.4, -0.2) is 35.1 Å². The zero-order valence-electron chi connectivity index (χ0n) is 10.1. The van der Waals surface area contributed by atoms with Gasteiger partial charge in [-0.2, -0.15) is 5.26 Å². The fourth-order valence-corrected chi connectivity index (χ4v) is 2.48. The first-order valence-corrected chi connectivity index (χ1v) is 5.96. The fraction of sp³-hybridized carbons (Fsp3) is 0.833. The second-order valence-electron chi connectivity index (χ2n) is 4.57. The molecule has 0 aromatic carbocycles. The maximum atomic E-state index is 11.3. The number of piperidine rings is 1. The van der Waals surface area contributed by atoms with Crippen molar-refractivity contribution in [2.45, 2.75) is 45.6 Å². The highest BCUT2D eigenvalue weighted by molar-refractivity contribution is 5.75. The van der Waals surface area contributed by atoms with E-state index in [0.29, 0.717) is 13.0 Å². The summed E-state index contributed by atoms with van der Waals surface area (Å²) in [6.45, 7) is 5.26. The lowest BCUT2D eigenvalue weighted by molar-refractivity contribution is -0.153. The maximum absolute atomic E-state index is 11.3. The lowest BCUT2D eigenvalue weighted by Crippen LogP contribution is -2.50. The number of hydrogen-bond acceptors (Lipinski definition) is 3. The molecule has 1 aliphatic rings. The molecule has 0 radical (unpaired) electrons. The van der Waals surface area contributed by atoms with Gasteiger partial charge in [0.25, 0.3) is 0 Å². The van der Waals surface area contributed by atoms with Gasteiger partial charge in [0.2, 0.25) is 0 Å². The van der Waals surface area contributed by atoms with Crippen molar-refractivity contribution in [3.05, 3.63) is 0 Å². The summed E-state index contributed by atoms with van der Waals surface area (Å²) in [5.74, 6) is -0.715. The summed E-state index contributed by atoms with van der Waals surface area (Å²) in [6, 6.07) is 2.12. The molecule has 1 saturated heterocycles. The topological polar surface area (TPSA) is 64.3 Å². The van der Waals surface area contributed by atoms with Crippen molar-refractivity contribution in [1.29, 1.82) is 5.26 Å². The molecule has 16 heavy (non-hydrogen) atoms. The Morgan fingerprint density at radius 1 is 1.62 bits per heavy atom. The number of rotatable bonds is 4. The average Bonchev–Trinajstić information content (AvgIpc) is 2.30. The van der Waals surface area contributed by atoms with Gasteiger partial charge in [-0.05, 0) is 32.2 Å². The Labute approximate surface area is 96.9 Å².